The number of carbonyl (C=O) groups is 1. The average molecular weight is 411 g/mol. The topological polar surface area (TPSA) is 79.8 Å². The fraction of sp³-hybridized carbons (Fsp3) is 0.0500. The minimum Gasteiger partial charge on any atom is -0.365 e. The third kappa shape index (κ3) is 3.76. The van der Waals surface area contributed by atoms with Gasteiger partial charge < -0.3 is 10.3 Å². The number of aromatic amines is 1. The minimum absolute atomic E-state index is 0.268. The summed E-state index contributed by atoms with van der Waals surface area (Å²) in [6, 6.07) is 17.7. The fourth-order valence-corrected chi connectivity index (χ4v) is 3.77. The number of rotatable bonds is 5. The molecule has 0 unspecified atom stereocenters. The average Bonchev–Trinajstić information content (AvgIpc) is 3.33. The summed E-state index contributed by atoms with van der Waals surface area (Å²) in [6.45, 7) is 0.482. The highest BCUT2D eigenvalue weighted by molar-refractivity contribution is 7.16. The van der Waals surface area contributed by atoms with Crippen LogP contribution in [-0.4, -0.2) is 20.7 Å². The van der Waals surface area contributed by atoms with E-state index in [1.807, 2.05) is 18.2 Å². The maximum Gasteiger partial charge on any atom is 0.280 e. The van der Waals surface area contributed by atoms with Crippen molar-refractivity contribution in [2.45, 2.75) is 6.54 Å². The van der Waals surface area contributed by atoms with Gasteiger partial charge in [0.2, 0.25) is 0 Å². The lowest BCUT2D eigenvalue weighted by Crippen LogP contribution is -2.17. The molecule has 0 aliphatic carbocycles. The third-order valence-electron chi connectivity index (χ3n) is 4.09. The molecule has 0 radical (unpaired) electrons. The minimum atomic E-state index is -0.286. The predicted octanol–water partition coefficient (Wildman–Crippen LogP) is 4.25. The third-order valence-corrected chi connectivity index (χ3v) is 5.32. The molecule has 4 rings (SSSR count). The summed E-state index contributed by atoms with van der Waals surface area (Å²) in [5.74, 6) is 0.211. The first-order valence-electron chi connectivity index (χ1n) is 8.48. The molecule has 6 nitrogen and oxygen atoms in total. The smallest absolute Gasteiger partial charge is 0.280 e. The molecule has 0 amide bonds. The lowest BCUT2D eigenvalue weighted by molar-refractivity contribution is 0.0948. The number of benzene rings is 1. The van der Waals surface area contributed by atoms with Gasteiger partial charge in [0.25, 0.3) is 11.5 Å². The Morgan fingerprint density at radius 1 is 1.14 bits per heavy atom. The Bertz CT molecular complexity index is 1180. The molecular weight excluding hydrogens is 396 g/mol. The summed E-state index contributed by atoms with van der Waals surface area (Å²) in [4.78, 5) is 28.8. The first-order chi connectivity index (χ1) is 13.6. The number of thiophene rings is 1. The molecule has 0 fully saturated rings. The molecule has 0 aliphatic heterocycles. The van der Waals surface area contributed by atoms with Crippen LogP contribution in [0.5, 0.6) is 0 Å². The van der Waals surface area contributed by atoms with Crippen LogP contribution in [0.4, 0.5) is 5.82 Å². The normalized spacial score (nSPS) is 10.8. The van der Waals surface area contributed by atoms with Crippen LogP contribution in [0.3, 0.4) is 0 Å². The van der Waals surface area contributed by atoms with E-state index in [0.717, 1.165) is 4.88 Å². The number of H-pyrrole nitrogens is 1. The van der Waals surface area contributed by atoms with Crippen LogP contribution in [0.25, 0.3) is 11.3 Å². The zero-order valence-electron chi connectivity index (χ0n) is 14.6. The van der Waals surface area contributed by atoms with Crippen molar-refractivity contribution in [3.8, 4) is 11.3 Å². The van der Waals surface area contributed by atoms with Gasteiger partial charge >= 0.3 is 0 Å². The van der Waals surface area contributed by atoms with Gasteiger partial charge in [0.1, 0.15) is 11.5 Å². The highest BCUT2D eigenvalue weighted by atomic mass is 35.5. The molecule has 0 saturated heterocycles. The molecule has 0 atom stereocenters. The van der Waals surface area contributed by atoms with E-state index in [1.165, 1.54) is 16.0 Å². The fourth-order valence-electron chi connectivity index (χ4n) is 2.74. The lowest BCUT2D eigenvalue weighted by atomic mass is 10.2. The zero-order chi connectivity index (χ0) is 19.5. The Morgan fingerprint density at radius 3 is 2.68 bits per heavy atom. The first-order valence-corrected chi connectivity index (χ1v) is 9.67. The zero-order valence-corrected chi connectivity index (χ0v) is 16.1. The van der Waals surface area contributed by atoms with Crippen molar-refractivity contribution in [3.05, 3.63) is 92.0 Å². The molecule has 3 aromatic heterocycles. The second kappa shape index (κ2) is 7.84. The highest BCUT2D eigenvalue weighted by Gasteiger charge is 2.18. The van der Waals surface area contributed by atoms with Crippen LogP contribution in [-0.2, 0) is 6.54 Å². The Kier molecular flexibility index (Phi) is 5.10. The SMILES string of the molecule is O=C(c1ccccc1)n1nc(-c2ccc[nH]c2=O)cc1NCc1ccc(Cl)s1. The van der Waals surface area contributed by atoms with Gasteiger partial charge in [0.15, 0.2) is 0 Å². The number of anilines is 1. The second-order valence-electron chi connectivity index (χ2n) is 5.97. The number of pyridine rings is 1. The Balaban J connectivity index is 1.72. The molecule has 140 valence electrons. The summed E-state index contributed by atoms with van der Waals surface area (Å²) in [6.07, 6.45) is 1.55. The number of hydrogen-bond acceptors (Lipinski definition) is 5. The Morgan fingerprint density at radius 2 is 1.96 bits per heavy atom. The second-order valence-corrected chi connectivity index (χ2v) is 7.77. The van der Waals surface area contributed by atoms with Crippen molar-refractivity contribution >= 4 is 34.7 Å². The van der Waals surface area contributed by atoms with Gasteiger partial charge in [0, 0.05) is 22.7 Å². The molecule has 0 aliphatic rings. The number of carbonyl (C=O) groups excluding carboxylic acids is 1. The summed E-state index contributed by atoms with van der Waals surface area (Å²) in [7, 11) is 0. The molecule has 3 heterocycles. The molecule has 0 saturated carbocycles. The van der Waals surface area contributed by atoms with Crippen LogP contribution >= 0.6 is 22.9 Å². The van der Waals surface area contributed by atoms with E-state index in [2.05, 4.69) is 15.4 Å². The van der Waals surface area contributed by atoms with Crippen LogP contribution in [0.2, 0.25) is 4.34 Å². The van der Waals surface area contributed by atoms with E-state index in [9.17, 15) is 9.59 Å². The van der Waals surface area contributed by atoms with E-state index in [-0.39, 0.29) is 11.5 Å². The highest BCUT2D eigenvalue weighted by Crippen LogP contribution is 2.24. The quantitative estimate of drug-likeness (QED) is 0.515. The van der Waals surface area contributed by atoms with Gasteiger partial charge in [-0.2, -0.15) is 9.78 Å². The Hall–Kier alpha value is -3.16. The Labute approximate surface area is 169 Å². The van der Waals surface area contributed by atoms with Crippen LogP contribution in [0.15, 0.2) is 71.7 Å². The lowest BCUT2D eigenvalue weighted by Gasteiger charge is -2.08. The van der Waals surface area contributed by atoms with E-state index in [1.54, 1.807) is 48.7 Å². The standard InChI is InChI=1S/C20H15ClN4O2S/c21-17-9-8-14(28-17)12-23-18-11-16(15-7-4-10-22-19(15)26)24-25(18)20(27)13-5-2-1-3-6-13/h1-11,23H,12H2,(H,22,26). The van der Waals surface area contributed by atoms with E-state index >= 15 is 0 Å². The van der Waals surface area contributed by atoms with Gasteiger partial charge in [-0.1, -0.05) is 29.8 Å². The van der Waals surface area contributed by atoms with Crippen LogP contribution in [0, 0.1) is 0 Å². The van der Waals surface area contributed by atoms with Gasteiger partial charge in [-0.15, -0.1) is 11.3 Å². The maximum absolute atomic E-state index is 13.0. The largest absolute Gasteiger partial charge is 0.365 e. The molecular formula is C20H15ClN4O2S. The number of aromatic nitrogens is 3. The van der Waals surface area contributed by atoms with Crippen molar-refractivity contribution in [1.29, 1.82) is 0 Å². The molecule has 0 spiro atoms. The van der Waals surface area contributed by atoms with Crippen molar-refractivity contribution in [2.24, 2.45) is 0 Å². The van der Waals surface area contributed by atoms with E-state index < -0.39 is 0 Å². The molecule has 4 aromatic rings. The van der Waals surface area contributed by atoms with Crippen molar-refractivity contribution < 1.29 is 4.79 Å². The van der Waals surface area contributed by atoms with Gasteiger partial charge in [-0.05, 0) is 36.4 Å². The van der Waals surface area contributed by atoms with E-state index in [4.69, 9.17) is 11.6 Å². The summed E-state index contributed by atoms with van der Waals surface area (Å²) < 4.78 is 1.98. The number of hydrogen-bond donors (Lipinski definition) is 2. The number of nitrogens with one attached hydrogen (secondary N) is 2. The van der Waals surface area contributed by atoms with Crippen molar-refractivity contribution in [1.82, 2.24) is 14.8 Å². The summed E-state index contributed by atoms with van der Waals surface area (Å²) in [5, 5.41) is 7.62. The number of nitrogens with zero attached hydrogens (tertiary/aromatic N) is 2. The first kappa shape index (κ1) is 18.2. The van der Waals surface area contributed by atoms with Gasteiger partial charge in [-0.25, -0.2) is 0 Å². The maximum atomic E-state index is 13.0. The van der Waals surface area contributed by atoms with Crippen LogP contribution < -0.4 is 10.9 Å². The molecule has 8 heteroatoms. The van der Waals surface area contributed by atoms with Crippen LogP contribution in [0.1, 0.15) is 15.2 Å². The van der Waals surface area contributed by atoms with E-state index in [0.29, 0.717) is 33.5 Å². The van der Waals surface area contributed by atoms with Gasteiger partial charge in [0.05, 0.1) is 16.4 Å². The molecule has 1 aromatic carbocycles. The molecule has 0 bridgehead atoms. The van der Waals surface area contributed by atoms with Crippen molar-refractivity contribution in [3.63, 3.8) is 0 Å². The van der Waals surface area contributed by atoms with Gasteiger partial charge in [-0.3, -0.25) is 9.59 Å². The molecule has 28 heavy (non-hydrogen) atoms. The predicted molar refractivity (Wildman–Crippen MR) is 111 cm³/mol. The van der Waals surface area contributed by atoms with Crippen molar-refractivity contribution in [2.75, 3.05) is 5.32 Å². The summed E-state index contributed by atoms with van der Waals surface area (Å²) in [5.41, 5.74) is 1.04. The monoisotopic (exact) mass is 410 g/mol. The summed E-state index contributed by atoms with van der Waals surface area (Å²) >= 11 is 7.44. The number of halogens is 1. The molecule has 2 N–H and O–H groups in total.